The molecule has 0 aliphatic carbocycles. The van der Waals surface area contributed by atoms with E-state index in [2.05, 4.69) is 4.98 Å². The Morgan fingerprint density at radius 1 is 1.40 bits per heavy atom. The molecule has 0 aromatic carbocycles. The number of ether oxygens (including phenoxy) is 1. The molecule has 1 rings (SSSR count). The maximum absolute atomic E-state index is 12.2. The summed E-state index contributed by atoms with van der Waals surface area (Å²) in [5, 5.41) is 10.6. The predicted octanol–water partition coefficient (Wildman–Crippen LogP) is 1.34. The summed E-state index contributed by atoms with van der Waals surface area (Å²) in [5.41, 5.74) is 0.0782. The van der Waals surface area contributed by atoms with Crippen LogP contribution in [0.3, 0.4) is 0 Å². The van der Waals surface area contributed by atoms with Crippen LogP contribution in [0.2, 0.25) is 0 Å². The molecule has 0 fully saturated rings. The molecule has 1 aromatic rings. The zero-order valence-electron chi connectivity index (χ0n) is 11.4. The van der Waals surface area contributed by atoms with Gasteiger partial charge in [-0.1, -0.05) is 6.92 Å². The summed E-state index contributed by atoms with van der Waals surface area (Å²) in [7, 11) is 0. The average molecular weight is 283 g/mol. The molecule has 0 unspecified atom stereocenters. The van der Waals surface area contributed by atoms with Crippen molar-refractivity contribution in [1.29, 1.82) is 0 Å². The molecule has 0 spiro atoms. The topological polar surface area (TPSA) is 106 Å². The van der Waals surface area contributed by atoms with Crippen molar-refractivity contribution < 1.29 is 19.2 Å². The molecule has 0 bridgehead atoms. The number of aromatic amines is 1. The van der Waals surface area contributed by atoms with Crippen LogP contribution in [0, 0.1) is 10.1 Å². The van der Waals surface area contributed by atoms with E-state index in [4.69, 9.17) is 4.74 Å². The molecule has 8 nitrogen and oxygen atoms in total. The maximum Gasteiger partial charge on any atom is 0.325 e. The highest BCUT2D eigenvalue weighted by Crippen LogP contribution is 2.12. The Morgan fingerprint density at radius 2 is 2.10 bits per heavy atom. The van der Waals surface area contributed by atoms with Crippen LogP contribution in [0.25, 0.3) is 0 Å². The number of H-pyrrole nitrogens is 1. The minimum atomic E-state index is -0.619. The molecule has 20 heavy (non-hydrogen) atoms. The number of aromatic nitrogens is 1. The van der Waals surface area contributed by atoms with Gasteiger partial charge >= 0.3 is 11.8 Å². The van der Waals surface area contributed by atoms with Crippen LogP contribution < -0.4 is 0 Å². The van der Waals surface area contributed by atoms with Gasteiger partial charge in [-0.25, -0.2) is 4.98 Å². The molecule has 0 saturated carbocycles. The minimum Gasteiger partial charge on any atom is -0.465 e. The first kappa shape index (κ1) is 15.7. The fourth-order valence-corrected chi connectivity index (χ4v) is 1.67. The van der Waals surface area contributed by atoms with Gasteiger partial charge < -0.3 is 19.8 Å². The number of nitrogens with zero attached hydrogens (tertiary/aromatic N) is 2. The summed E-state index contributed by atoms with van der Waals surface area (Å²) in [6, 6.07) is 2.54. The molecule has 1 amide bonds. The standard InChI is InChI=1S/C12H17N3O5/c1-3-7-14(8-11(16)20-4-2)12(17)9-5-6-10(13-9)15(18)19/h5-6,13H,3-4,7-8H2,1-2H3. The van der Waals surface area contributed by atoms with E-state index in [0.29, 0.717) is 13.0 Å². The average Bonchev–Trinajstić information content (AvgIpc) is 2.87. The van der Waals surface area contributed by atoms with Gasteiger partial charge in [0.1, 0.15) is 6.54 Å². The molecule has 110 valence electrons. The van der Waals surface area contributed by atoms with E-state index in [-0.39, 0.29) is 24.7 Å². The molecule has 1 aromatic heterocycles. The Labute approximate surface area is 115 Å². The molecular formula is C12H17N3O5. The zero-order valence-corrected chi connectivity index (χ0v) is 11.4. The van der Waals surface area contributed by atoms with E-state index >= 15 is 0 Å². The summed E-state index contributed by atoms with van der Waals surface area (Å²) in [6.45, 7) is 3.97. The van der Waals surface area contributed by atoms with Crippen molar-refractivity contribution in [3.8, 4) is 0 Å². The van der Waals surface area contributed by atoms with E-state index in [0.717, 1.165) is 0 Å². The van der Waals surface area contributed by atoms with Gasteiger partial charge in [-0.3, -0.25) is 9.59 Å². The molecule has 0 radical (unpaired) electrons. The third-order valence-corrected chi connectivity index (χ3v) is 2.50. The normalized spacial score (nSPS) is 10.1. The van der Waals surface area contributed by atoms with Gasteiger partial charge in [-0.2, -0.15) is 0 Å². The highest BCUT2D eigenvalue weighted by molar-refractivity contribution is 5.94. The predicted molar refractivity (Wildman–Crippen MR) is 70.3 cm³/mol. The Morgan fingerprint density at radius 3 is 2.60 bits per heavy atom. The number of hydrogen-bond donors (Lipinski definition) is 1. The summed E-state index contributed by atoms with van der Waals surface area (Å²) in [4.78, 5) is 37.3. The summed E-state index contributed by atoms with van der Waals surface area (Å²) in [5.74, 6) is -1.23. The summed E-state index contributed by atoms with van der Waals surface area (Å²) < 4.78 is 4.80. The molecule has 0 atom stereocenters. The molecule has 8 heteroatoms. The van der Waals surface area contributed by atoms with Gasteiger partial charge in [0.2, 0.25) is 0 Å². The molecule has 1 heterocycles. The highest BCUT2D eigenvalue weighted by Gasteiger charge is 2.23. The Kier molecular flexibility index (Phi) is 5.70. The lowest BCUT2D eigenvalue weighted by molar-refractivity contribution is -0.389. The second-order valence-electron chi connectivity index (χ2n) is 4.05. The van der Waals surface area contributed by atoms with Gasteiger partial charge in [0.05, 0.1) is 6.61 Å². The van der Waals surface area contributed by atoms with Crippen LogP contribution in [-0.2, 0) is 9.53 Å². The lowest BCUT2D eigenvalue weighted by Gasteiger charge is -2.19. The molecular weight excluding hydrogens is 266 g/mol. The van der Waals surface area contributed by atoms with Crippen molar-refractivity contribution in [2.45, 2.75) is 20.3 Å². The number of hydrogen-bond acceptors (Lipinski definition) is 5. The van der Waals surface area contributed by atoms with Crippen LogP contribution in [0.4, 0.5) is 5.82 Å². The fraction of sp³-hybridized carbons (Fsp3) is 0.500. The lowest BCUT2D eigenvalue weighted by Crippen LogP contribution is -2.37. The monoisotopic (exact) mass is 283 g/mol. The molecule has 0 aliphatic rings. The SMILES string of the molecule is CCCN(CC(=O)OCC)C(=O)c1ccc([N+](=O)[O-])[nH]1. The number of carbonyl (C=O) groups excluding carboxylic acids is 2. The van der Waals surface area contributed by atoms with Gasteiger partial charge in [-0.05, 0) is 24.3 Å². The number of nitrogens with one attached hydrogen (secondary N) is 1. The van der Waals surface area contributed by atoms with Crippen molar-refractivity contribution in [2.75, 3.05) is 19.7 Å². The van der Waals surface area contributed by atoms with Crippen molar-refractivity contribution >= 4 is 17.7 Å². The van der Waals surface area contributed by atoms with Crippen molar-refractivity contribution in [1.82, 2.24) is 9.88 Å². The maximum atomic E-state index is 12.2. The van der Waals surface area contributed by atoms with Crippen LogP contribution in [-0.4, -0.2) is 46.4 Å². The first-order valence-corrected chi connectivity index (χ1v) is 6.27. The fourth-order valence-electron chi connectivity index (χ4n) is 1.67. The number of rotatable bonds is 7. The third-order valence-electron chi connectivity index (χ3n) is 2.50. The number of nitro groups is 1. The van der Waals surface area contributed by atoms with Gasteiger partial charge in [-0.15, -0.1) is 0 Å². The third kappa shape index (κ3) is 4.08. The van der Waals surface area contributed by atoms with Crippen molar-refractivity contribution in [2.24, 2.45) is 0 Å². The number of amides is 1. The second kappa shape index (κ2) is 7.27. The lowest BCUT2D eigenvalue weighted by atomic mass is 10.3. The molecule has 0 saturated heterocycles. The van der Waals surface area contributed by atoms with E-state index in [9.17, 15) is 19.7 Å². The zero-order chi connectivity index (χ0) is 15.1. The van der Waals surface area contributed by atoms with Gasteiger partial charge in [0, 0.05) is 12.6 Å². The van der Waals surface area contributed by atoms with Crippen LogP contribution in [0.5, 0.6) is 0 Å². The van der Waals surface area contributed by atoms with Crippen LogP contribution in [0.15, 0.2) is 12.1 Å². The number of esters is 1. The minimum absolute atomic E-state index is 0.0782. The Hall–Kier alpha value is -2.38. The van der Waals surface area contributed by atoms with Crippen LogP contribution in [0.1, 0.15) is 30.8 Å². The highest BCUT2D eigenvalue weighted by atomic mass is 16.6. The van der Waals surface area contributed by atoms with Crippen molar-refractivity contribution in [3.63, 3.8) is 0 Å². The Bertz CT molecular complexity index is 497. The first-order valence-electron chi connectivity index (χ1n) is 6.27. The Balaban J connectivity index is 2.81. The van der Waals surface area contributed by atoms with E-state index in [1.807, 2.05) is 6.92 Å². The first-order chi connectivity index (χ1) is 9.49. The summed E-state index contributed by atoms with van der Waals surface area (Å²) >= 11 is 0. The molecule has 1 N–H and O–H groups in total. The number of carbonyl (C=O) groups is 2. The second-order valence-corrected chi connectivity index (χ2v) is 4.05. The van der Waals surface area contributed by atoms with E-state index in [1.54, 1.807) is 6.92 Å². The van der Waals surface area contributed by atoms with Crippen LogP contribution >= 0.6 is 0 Å². The smallest absolute Gasteiger partial charge is 0.325 e. The summed E-state index contributed by atoms with van der Waals surface area (Å²) in [6.07, 6.45) is 0.661. The quantitative estimate of drug-likeness (QED) is 0.461. The van der Waals surface area contributed by atoms with Gasteiger partial charge in [0.15, 0.2) is 5.69 Å². The van der Waals surface area contributed by atoms with E-state index in [1.165, 1.54) is 17.0 Å². The van der Waals surface area contributed by atoms with Crippen molar-refractivity contribution in [3.05, 3.63) is 27.9 Å². The van der Waals surface area contributed by atoms with E-state index < -0.39 is 16.8 Å². The van der Waals surface area contributed by atoms with Gasteiger partial charge in [0.25, 0.3) is 5.91 Å². The largest absolute Gasteiger partial charge is 0.465 e. The molecule has 0 aliphatic heterocycles.